The second-order valence-electron chi connectivity index (χ2n) is 7.49. The molecule has 0 radical (unpaired) electrons. The predicted octanol–water partition coefficient (Wildman–Crippen LogP) is 5.61. The number of nitrogens with zero attached hydrogens (tertiary/aromatic N) is 3. The first-order valence-electron chi connectivity index (χ1n) is 10.4. The van der Waals surface area contributed by atoms with Gasteiger partial charge in [-0.25, -0.2) is 9.37 Å². The average Bonchev–Trinajstić information content (AvgIpc) is 3.48. The molecule has 0 saturated heterocycles. The van der Waals surface area contributed by atoms with E-state index < -0.39 is 0 Å². The number of ether oxygens (including phenoxy) is 1. The molecule has 33 heavy (non-hydrogen) atoms. The van der Waals surface area contributed by atoms with Crippen molar-refractivity contribution in [3.63, 3.8) is 0 Å². The van der Waals surface area contributed by atoms with Crippen molar-refractivity contribution in [1.29, 1.82) is 0 Å². The number of aromatic nitrogens is 3. The highest BCUT2D eigenvalue weighted by Gasteiger charge is 2.16. The van der Waals surface area contributed by atoms with Crippen molar-refractivity contribution in [2.75, 3.05) is 13.6 Å². The van der Waals surface area contributed by atoms with E-state index in [0.29, 0.717) is 28.7 Å². The van der Waals surface area contributed by atoms with Crippen LogP contribution in [0.15, 0.2) is 60.0 Å². The van der Waals surface area contributed by atoms with Crippen LogP contribution in [0.25, 0.3) is 11.3 Å². The number of amides is 1. The molecule has 0 aliphatic carbocycles. The zero-order valence-corrected chi connectivity index (χ0v) is 19.5. The minimum absolute atomic E-state index is 0.131. The molecule has 2 heterocycles. The van der Waals surface area contributed by atoms with Crippen LogP contribution in [-0.4, -0.2) is 39.6 Å². The molecule has 4 aromatic rings. The van der Waals surface area contributed by atoms with E-state index in [1.165, 1.54) is 23.5 Å². The highest BCUT2D eigenvalue weighted by molar-refractivity contribution is 7.09. The van der Waals surface area contributed by atoms with Gasteiger partial charge in [-0.2, -0.15) is 5.10 Å². The van der Waals surface area contributed by atoms with Crippen LogP contribution in [0.1, 0.15) is 27.6 Å². The van der Waals surface area contributed by atoms with Gasteiger partial charge in [0.1, 0.15) is 28.9 Å². The molecule has 1 N–H and O–H groups in total. The van der Waals surface area contributed by atoms with E-state index >= 15 is 0 Å². The third-order valence-corrected chi connectivity index (χ3v) is 6.06. The molecule has 1 amide bonds. The summed E-state index contributed by atoms with van der Waals surface area (Å²) in [4.78, 5) is 18.8. The van der Waals surface area contributed by atoms with Gasteiger partial charge in [-0.05, 0) is 55.3 Å². The molecule has 2 aromatic heterocycles. The Morgan fingerprint density at radius 3 is 2.82 bits per heavy atom. The molecule has 170 valence electrons. The third-order valence-electron chi connectivity index (χ3n) is 4.98. The first kappa shape index (κ1) is 22.9. The zero-order chi connectivity index (χ0) is 23.2. The minimum atomic E-state index is -0.293. The molecule has 6 nitrogen and oxygen atoms in total. The number of benzene rings is 2. The van der Waals surface area contributed by atoms with E-state index in [1.807, 2.05) is 12.1 Å². The first-order valence-corrected chi connectivity index (χ1v) is 11.6. The lowest BCUT2D eigenvalue weighted by molar-refractivity contribution is 0.0788. The molecule has 0 spiro atoms. The molecule has 0 aliphatic heterocycles. The van der Waals surface area contributed by atoms with Crippen LogP contribution < -0.4 is 4.74 Å². The summed E-state index contributed by atoms with van der Waals surface area (Å²) in [5, 5.41) is 10.4. The van der Waals surface area contributed by atoms with Crippen LogP contribution in [0.5, 0.6) is 5.75 Å². The molecule has 2 aromatic carbocycles. The SMILES string of the molecule is CN(CCCc1cc(-c2cccc(F)c2)n[nH]1)C(=O)c1csc(COc2ccc(Cl)cc2)n1. The quantitative estimate of drug-likeness (QED) is 0.335. The zero-order valence-electron chi connectivity index (χ0n) is 17.9. The van der Waals surface area contributed by atoms with Gasteiger partial charge in [0.05, 0.1) is 5.69 Å². The Bertz CT molecular complexity index is 1230. The summed E-state index contributed by atoms with van der Waals surface area (Å²) in [5.41, 5.74) is 2.77. The number of hydrogen-bond acceptors (Lipinski definition) is 5. The molecule has 9 heteroatoms. The average molecular weight is 485 g/mol. The Morgan fingerprint density at radius 1 is 1.21 bits per heavy atom. The smallest absolute Gasteiger partial charge is 0.273 e. The lowest BCUT2D eigenvalue weighted by Crippen LogP contribution is -2.28. The van der Waals surface area contributed by atoms with Gasteiger partial charge < -0.3 is 9.64 Å². The van der Waals surface area contributed by atoms with Gasteiger partial charge in [-0.1, -0.05) is 23.7 Å². The fraction of sp³-hybridized carbons (Fsp3) is 0.208. The van der Waals surface area contributed by atoms with Gasteiger partial charge in [-0.15, -0.1) is 11.3 Å². The first-order chi connectivity index (χ1) is 16.0. The number of thiazole rings is 1. The van der Waals surface area contributed by atoms with Crippen molar-refractivity contribution in [3.8, 4) is 17.0 Å². The van der Waals surface area contributed by atoms with Crippen LogP contribution in [0.2, 0.25) is 5.02 Å². The predicted molar refractivity (Wildman–Crippen MR) is 127 cm³/mol. The lowest BCUT2D eigenvalue weighted by atomic mass is 10.1. The van der Waals surface area contributed by atoms with E-state index in [-0.39, 0.29) is 18.3 Å². The van der Waals surface area contributed by atoms with Crippen LogP contribution in [0.3, 0.4) is 0 Å². The number of halogens is 2. The van der Waals surface area contributed by atoms with Gasteiger partial charge in [0.25, 0.3) is 5.91 Å². The van der Waals surface area contributed by atoms with Gasteiger partial charge >= 0.3 is 0 Å². The van der Waals surface area contributed by atoms with Crippen LogP contribution in [-0.2, 0) is 13.0 Å². The number of carbonyl (C=O) groups is 1. The largest absolute Gasteiger partial charge is 0.486 e. The summed E-state index contributed by atoms with van der Waals surface area (Å²) in [6.45, 7) is 0.859. The molecule has 0 unspecified atom stereocenters. The van der Waals surface area contributed by atoms with Crippen molar-refractivity contribution in [2.45, 2.75) is 19.4 Å². The Balaban J connectivity index is 1.25. The van der Waals surface area contributed by atoms with Gasteiger partial charge in [0.15, 0.2) is 0 Å². The van der Waals surface area contributed by atoms with Gasteiger partial charge in [-0.3, -0.25) is 9.89 Å². The Labute approximate surface area is 200 Å². The summed E-state index contributed by atoms with van der Waals surface area (Å²) in [5.74, 6) is 0.270. The highest BCUT2D eigenvalue weighted by Crippen LogP contribution is 2.20. The van der Waals surface area contributed by atoms with Crippen molar-refractivity contribution in [1.82, 2.24) is 20.1 Å². The van der Waals surface area contributed by atoms with E-state index in [0.717, 1.165) is 29.1 Å². The second kappa shape index (κ2) is 10.6. The van der Waals surface area contributed by atoms with E-state index in [4.69, 9.17) is 16.3 Å². The van der Waals surface area contributed by atoms with Crippen LogP contribution in [0.4, 0.5) is 4.39 Å². The normalized spacial score (nSPS) is 10.9. The van der Waals surface area contributed by atoms with E-state index in [2.05, 4.69) is 15.2 Å². The molecule has 0 fully saturated rings. The van der Waals surface area contributed by atoms with Gasteiger partial charge in [0, 0.05) is 35.3 Å². The standard InChI is InChI=1S/C24H22ClFN4O2S/c1-30(11-3-6-19-13-21(29-28-19)16-4-2-5-18(26)12-16)24(31)22-15-33-23(27-22)14-32-20-9-7-17(25)8-10-20/h2,4-5,7-10,12-13,15H,3,6,11,14H2,1H3,(H,28,29). The molecule has 0 atom stereocenters. The Hall–Kier alpha value is -3.23. The molecule has 0 bridgehead atoms. The molecular weight excluding hydrogens is 463 g/mol. The van der Waals surface area contributed by atoms with E-state index in [9.17, 15) is 9.18 Å². The fourth-order valence-electron chi connectivity index (χ4n) is 3.24. The number of H-pyrrole nitrogens is 1. The summed E-state index contributed by atoms with van der Waals surface area (Å²) in [6, 6.07) is 15.3. The number of carbonyl (C=O) groups excluding carboxylic acids is 1. The summed E-state index contributed by atoms with van der Waals surface area (Å²) in [6.07, 6.45) is 1.47. The van der Waals surface area contributed by atoms with Crippen LogP contribution >= 0.6 is 22.9 Å². The maximum absolute atomic E-state index is 13.4. The van der Waals surface area contributed by atoms with Crippen LogP contribution in [0, 0.1) is 5.82 Å². The Kier molecular flexibility index (Phi) is 7.36. The highest BCUT2D eigenvalue weighted by atomic mass is 35.5. The van der Waals surface area contributed by atoms with Crippen molar-refractivity contribution in [3.05, 3.63) is 87.2 Å². The van der Waals surface area contributed by atoms with Crippen molar-refractivity contribution in [2.24, 2.45) is 0 Å². The number of aryl methyl sites for hydroxylation is 1. The number of hydrogen-bond donors (Lipinski definition) is 1. The number of rotatable bonds is 9. The maximum atomic E-state index is 13.4. The number of aromatic amines is 1. The summed E-state index contributed by atoms with van der Waals surface area (Å²) >= 11 is 7.26. The minimum Gasteiger partial charge on any atom is -0.486 e. The monoisotopic (exact) mass is 484 g/mol. The van der Waals surface area contributed by atoms with Crippen molar-refractivity contribution >= 4 is 28.8 Å². The third kappa shape index (κ3) is 6.18. The fourth-order valence-corrected chi connectivity index (χ4v) is 4.05. The van der Waals surface area contributed by atoms with E-state index in [1.54, 1.807) is 47.7 Å². The summed E-state index contributed by atoms with van der Waals surface area (Å²) < 4.78 is 19.1. The number of nitrogens with one attached hydrogen (secondary N) is 1. The molecular formula is C24H22ClFN4O2S. The second-order valence-corrected chi connectivity index (χ2v) is 8.87. The molecule has 0 aliphatic rings. The topological polar surface area (TPSA) is 71.1 Å². The summed E-state index contributed by atoms with van der Waals surface area (Å²) in [7, 11) is 1.76. The Morgan fingerprint density at radius 2 is 2.03 bits per heavy atom. The maximum Gasteiger partial charge on any atom is 0.273 e. The lowest BCUT2D eigenvalue weighted by Gasteiger charge is -2.15. The van der Waals surface area contributed by atoms with Gasteiger partial charge in [0.2, 0.25) is 0 Å². The van der Waals surface area contributed by atoms with Crippen molar-refractivity contribution < 1.29 is 13.9 Å². The molecule has 0 saturated carbocycles. The molecule has 4 rings (SSSR count).